The summed E-state index contributed by atoms with van der Waals surface area (Å²) in [5.41, 5.74) is 0.965. The number of halogens is 2. The summed E-state index contributed by atoms with van der Waals surface area (Å²) in [4.78, 5) is 0. The predicted molar refractivity (Wildman–Crippen MR) is 72.7 cm³/mol. The second-order valence-corrected chi connectivity index (χ2v) is 5.42. The minimum absolute atomic E-state index is 0.200. The number of alkyl halides is 2. The molecule has 3 atom stereocenters. The zero-order valence-corrected chi connectivity index (χ0v) is 11.4. The summed E-state index contributed by atoms with van der Waals surface area (Å²) in [6.07, 6.45) is 3.71. The van der Waals surface area contributed by atoms with Crippen LogP contribution in [-0.4, -0.2) is 12.7 Å². The minimum Gasteiger partial charge on any atom is -0.435 e. The maximum atomic E-state index is 12.1. The fourth-order valence-corrected chi connectivity index (χ4v) is 2.73. The zero-order valence-electron chi connectivity index (χ0n) is 11.4. The standard InChI is InChI=1S/C15H21F2NO/c1-10-4-3-5-14(11(10)2)18-12-6-8-13(9-7-12)19-15(16)17/h6-11,14-15,18H,3-5H2,1-2H3. The first kappa shape index (κ1) is 14.1. The van der Waals surface area contributed by atoms with Crippen molar-refractivity contribution < 1.29 is 13.5 Å². The molecule has 0 saturated heterocycles. The first-order valence-electron chi connectivity index (χ1n) is 6.87. The van der Waals surface area contributed by atoms with E-state index in [4.69, 9.17) is 0 Å². The maximum Gasteiger partial charge on any atom is 0.387 e. The minimum atomic E-state index is -2.77. The Balaban J connectivity index is 1.95. The molecule has 4 heteroatoms. The Morgan fingerprint density at radius 1 is 1.16 bits per heavy atom. The molecule has 1 aliphatic rings. The molecule has 3 unspecified atom stereocenters. The van der Waals surface area contributed by atoms with Gasteiger partial charge in [-0.15, -0.1) is 0 Å². The molecular formula is C15H21F2NO. The largest absolute Gasteiger partial charge is 0.435 e. The third kappa shape index (κ3) is 3.82. The zero-order chi connectivity index (χ0) is 13.8. The van der Waals surface area contributed by atoms with Crippen molar-refractivity contribution >= 4 is 5.69 Å². The van der Waals surface area contributed by atoms with Gasteiger partial charge in [-0.25, -0.2) is 0 Å². The van der Waals surface area contributed by atoms with Crippen LogP contribution in [0.15, 0.2) is 24.3 Å². The highest BCUT2D eigenvalue weighted by atomic mass is 19.3. The lowest BCUT2D eigenvalue weighted by atomic mass is 9.78. The van der Waals surface area contributed by atoms with Gasteiger partial charge in [-0.3, -0.25) is 0 Å². The SMILES string of the molecule is CC1CCCC(Nc2ccc(OC(F)F)cc2)C1C. The molecule has 0 heterocycles. The van der Waals surface area contributed by atoms with E-state index < -0.39 is 6.61 Å². The van der Waals surface area contributed by atoms with Gasteiger partial charge in [-0.2, -0.15) is 8.78 Å². The summed E-state index contributed by atoms with van der Waals surface area (Å²) in [6.45, 7) is 1.80. The topological polar surface area (TPSA) is 21.3 Å². The van der Waals surface area contributed by atoms with Crippen molar-refractivity contribution in [1.29, 1.82) is 0 Å². The molecule has 0 radical (unpaired) electrons. The number of rotatable bonds is 4. The van der Waals surface area contributed by atoms with Crippen molar-refractivity contribution in [3.63, 3.8) is 0 Å². The molecular weight excluding hydrogens is 248 g/mol. The van der Waals surface area contributed by atoms with E-state index in [0.717, 1.165) is 11.6 Å². The maximum absolute atomic E-state index is 12.1. The molecule has 0 bridgehead atoms. The predicted octanol–water partition coefficient (Wildman–Crippen LogP) is 4.52. The van der Waals surface area contributed by atoms with Crippen LogP contribution in [0, 0.1) is 11.8 Å². The summed E-state index contributed by atoms with van der Waals surface area (Å²) < 4.78 is 28.4. The molecule has 2 rings (SSSR count). The summed E-state index contributed by atoms with van der Waals surface area (Å²) in [7, 11) is 0. The van der Waals surface area contributed by atoms with Crippen molar-refractivity contribution in [1.82, 2.24) is 0 Å². The highest BCUT2D eigenvalue weighted by Gasteiger charge is 2.26. The fourth-order valence-electron chi connectivity index (χ4n) is 2.73. The molecule has 2 nitrogen and oxygen atoms in total. The summed E-state index contributed by atoms with van der Waals surface area (Å²) >= 11 is 0. The van der Waals surface area contributed by atoms with Crippen LogP contribution >= 0.6 is 0 Å². The van der Waals surface area contributed by atoms with Crippen LogP contribution in [0.4, 0.5) is 14.5 Å². The van der Waals surface area contributed by atoms with Crippen molar-refractivity contribution in [2.75, 3.05) is 5.32 Å². The Hall–Kier alpha value is -1.32. The van der Waals surface area contributed by atoms with Gasteiger partial charge in [0.1, 0.15) is 5.75 Å². The first-order chi connectivity index (χ1) is 9.06. The summed E-state index contributed by atoms with van der Waals surface area (Å²) in [6, 6.07) is 7.20. The number of benzene rings is 1. The lowest BCUT2D eigenvalue weighted by molar-refractivity contribution is -0.0498. The van der Waals surface area contributed by atoms with Crippen LogP contribution in [0.1, 0.15) is 33.1 Å². The average Bonchev–Trinajstić information content (AvgIpc) is 2.37. The third-order valence-corrected chi connectivity index (χ3v) is 4.14. The lowest BCUT2D eigenvalue weighted by Gasteiger charge is -2.35. The van der Waals surface area contributed by atoms with Gasteiger partial charge >= 0.3 is 6.61 Å². The summed E-state index contributed by atoms with van der Waals surface area (Å²) in [5.74, 6) is 1.56. The molecule has 1 aliphatic carbocycles. The summed E-state index contributed by atoms with van der Waals surface area (Å²) in [5, 5.41) is 3.50. The van der Waals surface area contributed by atoms with Gasteiger partial charge in [0.2, 0.25) is 0 Å². The van der Waals surface area contributed by atoms with Crippen molar-refractivity contribution in [2.45, 2.75) is 45.8 Å². The van der Waals surface area contributed by atoms with Gasteiger partial charge in [0.15, 0.2) is 0 Å². The van der Waals surface area contributed by atoms with Crippen LogP contribution in [0.2, 0.25) is 0 Å². The van der Waals surface area contributed by atoms with E-state index in [0.29, 0.717) is 12.0 Å². The molecule has 0 aromatic heterocycles. The quantitative estimate of drug-likeness (QED) is 0.867. The highest BCUT2D eigenvalue weighted by Crippen LogP contribution is 2.31. The molecule has 1 aromatic carbocycles. The third-order valence-electron chi connectivity index (χ3n) is 4.14. The Labute approximate surface area is 113 Å². The molecule has 0 spiro atoms. The van der Waals surface area contributed by atoms with Crippen molar-refractivity contribution in [2.24, 2.45) is 11.8 Å². The smallest absolute Gasteiger partial charge is 0.387 e. The van der Waals surface area contributed by atoms with Gasteiger partial charge in [-0.1, -0.05) is 26.7 Å². The fraction of sp³-hybridized carbons (Fsp3) is 0.600. The molecule has 0 aliphatic heterocycles. The van der Waals surface area contributed by atoms with E-state index in [1.807, 2.05) is 0 Å². The second kappa shape index (κ2) is 6.22. The lowest BCUT2D eigenvalue weighted by Crippen LogP contribution is -2.34. The second-order valence-electron chi connectivity index (χ2n) is 5.42. The van der Waals surface area contributed by atoms with Gasteiger partial charge in [0, 0.05) is 11.7 Å². The number of ether oxygens (including phenoxy) is 1. The van der Waals surface area contributed by atoms with E-state index in [1.54, 1.807) is 24.3 Å². The van der Waals surface area contributed by atoms with Crippen molar-refractivity contribution in [3.05, 3.63) is 24.3 Å². The molecule has 1 saturated carbocycles. The van der Waals surface area contributed by atoms with Gasteiger partial charge < -0.3 is 10.1 Å². The van der Waals surface area contributed by atoms with Crippen LogP contribution < -0.4 is 10.1 Å². The van der Waals surface area contributed by atoms with Gasteiger partial charge in [0.05, 0.1) is 0 Å². The molecule has 1 aromatic rings. The van der Waals surface area contributed by atoms with E-state index in [-0.39, 0.29) is 5.75 Å². The Kier molecular flexibility index (Phi) is 4.61. The van der Waals surface area contributed by atoms with Crippen molar-refractivity contribution in [3.8, 4) is 5.75 Å². The molecule has 19 heavy (non-hydrogen) atoms. The Bertz CT molecular complexity index is 394. The number of anilines is 1. The molecule has 106 valence electrons. The van der Waals surface area contributed by atoms with Gasteiger partial charge in [-0.05, 0) is 42.5 Å². The molecule has 1 fully saturated rings. The highest BCUT2D eigenvalue weighted by molar-refractivity contribution is 5.47. The Morgan fingerprint density at radius 3 is 2.47 bits per heavy atom. The van der Waals surface area contributed by atoms with E-state index in [9.17, 15) is 8.78 Å². The number of nitrogens with one attached hydrogen (secondary N) is 1. The van der Waals surface area contributed by atoms with E-state index >= 15 is 0 Å². The number of hydrogen-bond acceptors (Lipinski definition) is 2. The number of hydrogen-bond donors (Lipinski definition) is 1. The van der Waals surface area contributed by atoms with Gasteiger partial charge in [0.25, 0.3) is 0 Å². The first-order valence-corrected chi connectivity index (χ1v) is 6.87. The van der Waals surface area contributed by atoms with Crippen LogP contribution in [0.3, 0.4) is 0 Å². The molecule has 1 N–H and O–H groups in total. The van der Waals surface area contributed by atoms with Crippen LogP contribution in [0.5, 0.6) is 5.75 Å². The van der Waals surface area contributed by atoms with Crippen LogP contribution in [0.25, 0.3) is 0 Å². The van der Waals surface area contributed by atoms with E-state index in [2.05, 4.69) is 23.9 Å². The van der Waals surface area contributed by atoms with Crippen LogP contribution in [-0.2, 0) is 0 Å². The monoisotopic (exact) mass is 269 g/mol. The van der Waals surface area contributed by atoms with E-state index in [1.165, 1.54) is 19.3 Å². The normalized spacial score (nSPS) is 27.3. The Morgan fingerprint density at radius 2 is 1.84 bits per heavy atom. The average molecular weight is 269 g/mol. The molecule has 0 amide bonds.